The third-order valence-corrected chi connectivity index (χ3v) is 4.83. The number of hydrogen-bond acceptors (Lipinski definition) is 6. The van der Waals surface area contributed by atoms with Gasteiger partial charge in [-0.05, 0) is 28.3 Å². The predicted octanol–water partition coefficient (Wildman–Crippen LogP) is 3.88. The van der Waals surface area contributed by atoms with Crippen LogP contribution in [0.25, 0.3) is 22.5 Å². The summed E-state index contributed by atoms with van der Waals surface area (Å²) in [6.45, 7) is 2.15. The lowest BCUT2D eigenvalue weighted by molar-refractivity contribution is 0.391. The van der Waals surface area contributed by atoms with E-state index >= 15 is 0 Å². The molecule has 0 saturated carbocycles. The lowest BCUT2D eigenvalue weighted by Crippen LogP contribution is -2.04. The third-order valence-electron chi connectivity index (χ3n) is 4.83. The number of aromatic amines is 1. The molecule has 29 heavy (non-hydrogen) atoms. The smallest absolute Gasteiger partial charge is 0.219 e. The largest absolute Gasteiger partial charge is 0.481 e. The number of nitrogens with zero attached hydrogens (tertiary/aromatic N) is 5. The molecule has 7 nitrogen and oxygen atoms in total. The van der Waals surface area contributed by atoms with Crippen molar-refractivity contribution >= 4 is 0 Å². The zero-order valence-electron chi connectivity index (χ0n) is 16.5. The van der Waals surface area contributed by atoms with Gasteiger partial charge in [-0.2, -0.15) is 5.21 Å². The second kappa shape index (κ2) is 8.60. The van der Waals surface area contributed by atoms with E-state index in [0.29, 0.717) is 11.7 Å². The number of H-pyrrole nitrogens is 1. The highest BCUT2D eigenvalue weighted by molar-refractivity contribution is 5.80. The summed E-state index contributed by atoms with van der Waals surface area (Å²) in [6.07, 6.45) is 4.24. The molecule has 1 N–H and O–H groups in total. The molecular formula is C22H22N6O. The summed E-state index contributed by atoms with van der Waals surface area (Å²) in [5, 5.41) is 14.4. The molecule has 146 valence electrons. The van der Waals surface area contributed by atoms with Crippen LogP contribution in [0.4, 0.5) is 0 Å². The van der Waals surface area contributed by atoms with Crippen LogP contribution in [-0.4, -0.2) is 37.7 Å². The molecule has 4 rings (SSSR count). The first-order valence-corrected chi connectivity index (χ1v) is 9.59. The van der Waals surface area contributed by atoms with E-state index in [1.165, 1.54) is 5.56 Å². The van der Waals surface area contributed by atoms with Crippen LogP contribution in [0.3, 0.4) is 0 Å². The molecule has 0 unspecified atom stereocenters. The van der Waals surface area contributed by atoms with Gasteiger partial charge >= 0.3 is 0 Å². The lowest BCUT2D eigenvalue weighted by atomic mass is 9.96. The molecule has 0 bridgehead atoms. The van der Waals surface area contributed by atoms with Gasteiger partial charge in [0.05, 0.1) is 12.8 Å². The number of hydrogen-bond donors (Lipinski definition) is 1. The van der Waals surface area contributed by atoms with Crippen molar-refractivity contribution in [1.82, 2.24) is 30.6 Å². The fourth-order valence-electron chi connectivity index (χ4n) is 3.45. The highest BCUT2D eigenvalue weighted by Crippen LogP contribution is 2.30. The van der Waals surface area contributed by atoms with Crippen molar-refractivity contribution in [3.63, 3.8) is 0 Å². The van der Waals surface area contributed by atoms with Crippen molar-refractivity contribution in [2.75, 3.05) is 7.11 Å². The van der Waals surface area contributed by atoms with Gasteiger partial charge in [0.15, 0.2) is 0 Å². The average Bonchev–Trinajstić information content (AvgIpc) is 3.30. The molecule has 0 radical (unpaired) electrons. The molecule has 0 fully saturated rings. The lowest BCUT2D eigenvalue weighted by Gasteiger charge is -2.12. The Hall–Kier alpha value is -3.61. The molecule has 0 aliphatic carbocycles. The minimum Gasteiger partial charge on any atom is -0.481 e. The van der Waals surface area contributed by atoms with Gasteiger partial charge in [0.1, 0.15) is 6.33 Å². The Balaban J connectivity index is 1.64. The van der Waals surface area contributed by atoms with Crippen molar-refractivity contribution in [3.05, 3.63) is 71.7 Å². The summed E-state index contributed by atoms with van der Waals surface area (Å²) >= 11 is 0. The maximum Gasteiger partial charge on any atom is 0.219 e. The van der Waals surface area contributed by atoms with E-state index in [0.717, 1.165) is 47.2 Å². The van der Waals surface area contributed by atoms with Crippen molar-refractivity contribution in [1.29, 1.82) is 0 Å². The highest BCUT2D eigenvalue weighted by Gasteiger charge is 2.14. The number of benzene rings is 2. The van der Waals surface area contributed by atoms with Crippen molar-refractivity contribution < 1.29 is 4.74 Å². The van der Waals surface area contributed by atoms with E-state index in [-0.39, 0.29) is 0 Å². The van der Waals surface area contributed by atoms with E-state index in [2.05, 4.69) is 67.8 Å². The summed E-state index contributed by atoms with van der Waals surface area (Å²) in [7, 11) is 1.65. The van der Waals surface area contributed by atoms with Crippen molar-refractivity contribution in [2.24, 2.45) is 0 Å². The topological polar surface area (TPSA) is 89.5 Å². The standard InChI is InChI=1S/C22H22N6O/c1-3-6-20-19(22(29-2)24-14-23-20)13-15-9-11-16(12-10-15)17-7-4-5-8-18(17)21-25-27-28-26-21/h4-5,7-12,14H,3,6,13H2,1-2H3,(H,25,26,27,28). The van der Waals surface area contributed by atoms with Gasteiger partial charge in [0.2, 0.25) is 11.7 Å². The normalized spacial score (nSPS) is 10.8. The molecule has 4 aromatic rings. The van der Waals surface area contributed by atoms with Gasteiger partial charge in [-0.25, -0.2) is 9.97 Å². The number of ether oxygens (including phenoxy) is 1. The maximum atomic E-state index is 5.48. The average molecular weight is 386 g/mol. The Morgan fingerprint density at radius 3 is 2.45 bits per heavy atom. The highest BCUT2D eigenvalue weighted by atomic mass is 16.5. The van der Waals surface area contributed by atoms with Crippen LogP contribution in [0, 0.1) is 0 Å². The first kappa shape index (κ1) is 18.7. The van der Waals surface area contributed by atoms with Crippen molar-refractivity contribution in [3.8, 4) is 28.4 Å². The maximum absolute atomic E-state index is 5.48. The number of rotatable bonds is 7. The molecule has 0 aliphatic heterocycles. The fourth-order valence-corrected chi connectivity index (χ4v) is 3.45. The Kier molecular flexibility index (Phi) is 5.56. The van der Waals surface area contributed by atoms with Crippen LogP contribution in [0.2, 0.25) is 0 Å². The molecule has 0 spiro atoms. The van der Waals surface area contributed by atoms with Crippen LogP contribution < -0.4 is 4.74 Å². The molecule has 2 aromatic heterocycles. The van der Waals surface area contributed by atoms with E-state index in [4.69, 9.17) is 4.74 Å². The summed E-state index contributed by atoms with van der Waals surface area (Å²) < 4.78 is 5.48. The van der Waals surface area contributed by atoms with E-state index in [9.17, 15) is 0 Å². The number of tetrazole rings is 1. The molecule has 0 atom stereocenters. The minimum atomic E-state index is 0.583. The van der Waals surface area contributed by atoms with Gasteiger partial charge in [-0.15, -0.1) is 10.2 Å². The Labute approximate surface area is 169 Å². The molecule has 2 heterocycles. The van der Waals surface area contributed by atoms with E-state index in [1.807, 2.05) is 18.2 Å². The summed E-state index contributed by atoms with van der Waals surface area (Å²) in [5.74, 6) is 1.23. The Morgan fingerprint density at radius 1 is 0.966 bits per heavy atom. The SMILES string of the molecule is CCCc1ncnc(OC)c1Cc1ccc(-c2ccccc2-c2nn[nH]n2)cc1. The number of aromatic nitrogens is 6. The molecule has 2 aromatic carbocycles. The Bertz CT molecular complexity index is 1080. The molecule has 0 aliphatic rings. The summed E-state index contributed by atoms with van der Waals surface area (Å²) in [6, 6.07) is 16.5. The molecular weight excluding hydrogens is 364 g/mol. The first-order chi connectivity index (χ1) is 14.3. The molecule has 0 saturated heterocycles. The Morgan fingerprint density at radius 2 is 1.76 bits per heavy atom. The predicted molar refractivity (Wildman–Crippen MR) is 110 cm³/mol. The van der Waals surface area contributed by atoms with Gasteiger partial charge < -0.3 is 4.74 Å². The molecule has 0 amide bonds. The second-order valence-electron chi connectivity index (χ2n) is 6.71. The van der Waals surface area contributed by atoms with Crippen LogP contribution in [0.5, 0.6) is 5.88 Å². The quantitative estimate of drug-likeness (QED) is 0.518. The number of nitrogens with one attached hydrogen (secondary N) is 1. The van der Waals surface area contributed by atoms with E-state index < -0.39 is 0 Å². The van der Waals surface area contributed by atoms with Gasteiger partial charge in [0, 0.05) is 17.5 Å². The minimum absolute atomic E-state index is 0.583. The van der Waals surface area contributed by atoms with Gasteiger partial charge in [0.25, 0.3) is 0 Å². The number of methoxy groups -OCH3 is 1. The zero-order chi connectivity index (χ0) is 20.1. The monoisotopic (exact) mass is 386 g/mol. The first-order valence-electron chi connectivity index (χ1n) is 9.59. The van der Waals surface area contributed by atoms with Crippen molar-refractivity contribution in [2.45, 2.75) is 26.2 Å². The van der Waals surface area contributed by atoms with Gasteiger partial charge in [-0.1, -0.05) is 61.9 Å². The third kappa shape index (κ3) is 3.99. The van der Waals surface area contributed by atoms with Crippen LogP contribution in [0.1, 0.15) is 30.2 Å². The molecule has 7 heteroatoms. The van der Waals surface area contributed by atoms with Crippen LogP contribution in [0.15, 0.2) is 54.9 Å². The van der Waals surface area contributed by atoms with Crippen LogP contribution >= 0.6 is 0 Å². The fraction of sp³-hybridized carbons (Fsp3) is 0.227. The van der Waals surface area contributed by atoms with Crippen LogP contribution in [-0.2, 0) is 12.8 Å². The summed E-state index contributed by atoms with van der Waals surface area (Å²) in [5.41, 5.74) is 6.38. The summed E-state index contributed by atoms with van der Waals surface area (Å²) in [4.78, 5) is 8.75. The second-order valence-corrected chi connectivity index (χ2v) is 6.71. The van der Waals surface area contributed by atoms with E-state index in [1.54, 1.807) is 13.4 Å². The number of aryl methyl sites for hydroxylation is 1. The zero-order valence-corrected chi connectivity index (χ0v) is 16.5. The van der Waals surface area contributed by atoms with Gasteiger partial charge in [-0.3, -0.25) is 0 Å².